The maximum Gasteiger partial charge on any atom is 0.303 e. The molecule has 1 amide bonds. The molecule has 0 unspecified atom stereocenters. The summed E-state index contributed by atoms with van der Waals surface area (Å²) in [4.78, 5) is 24.2. The minimum atomic E-state index is -0.790. The number of carbonyl (C=O) groups is 2. The number of aryl methyl sites for hydroxylation is 1. The normalized spacial score (nSPS) is 10.6. The second-order valence-corrected chi connectivity index (χ2v) is 6.64. The molecule has 0 fully saturated rings. The zero-order chi connectivity index (χ0) is 17.5. The van der Waals surface area contributed by atoms with E-state index in [2.05, 4.69) is 5.32 Å². The van der Waals surface area contributed by atoms with Crippen LogP contribution < -0.4 is 5.32 Å². The quantitative estimate of drug-likeness (QED) is 0.701. The number of unbranched alkanes of at least 4 members (excludes halogenated alkanes) is 2. The van der Waals surface area contributed by atoms with E-state index in [1.807, 2.05) is 13.0 Å². The maximum atomic E-state index is 13.0. The fourth-order valence-corrected chi connectivity index (χ4v) is 3.44. The molecule has 0 radical (unpaired) electrons. The number of carboxylic acid groups (broad SMARTS) is 1. The second-order valence-electron chi connectivity index (χ2n) is 5.59. The van der Waals surface area contributed by atoms with Crippen molar-refractivity contribution in [3.63, 3.8) is 0 Å². The van der Waals surface area contributed by atoms with Gasteiger partial charge in [0.2, 0.25) is 0 Å². The van der Waals surface area contributed by atoms with E-state index in [1.54, 1.807) is 12.1 Å². The van der Waals surface area contributed by atoms with Crippen molar-refractivity contribution >= 4 is 23.2 Å². The summed E-state index contributed by atoms with van der Waals surface area (Å²) in [6, 6.07) is 8.07. The first-order valence-corrected chi connectivity index (χ1v) is 8.65. The summed E-state index contributed by atoms with van der Waals surface area (Å²) in [5, 5.41) is 11.4. The molecule has 4 nitrogen and oxygen atoms in total. The lowest BCUT2D eigenvalue weighted by molar-refractivity contribution is -0.137. The Labute approximate surface area is 144 Å². The van der Waals surface area contributed by atoms with Crippen LogP contribution in [0.3, 0.4) is 0 Å². The molecule has 0 aliphatic rings. The fourth-order valence-electron chi connectivity index (χ4n) is 2.35. The molecule has 0 atom stereocenters. The van der Waals surface area contributed by atoms with Crippen molar-refractivity contribution in [1.29, 1.82) is 0 Å². The number of rotatable bonds is 8. The van der Waals surface area contributed by atoms with Crippen LogP contribution in [-0.4, -0.2) is 23.5 Å². The summed E-state index contributed by atoms with van der Waals surface area (Å²) in [5.74, 6) is -1.20. The van der Waals surface area contributed by atoms with E-state index in [0.29, 0.717) is 17.8 Å². The van der Waals surface area contributed by atoms with Crippen molar-refractivity contribution in [3.05, 3.63) is 46.6 Å². The van der Waals surface area contributed by atoms with Gasteiger partial charge in [0.15, 0.2) is 0 Å². The maximum absolute atomic E-state index is 13.0. The first-order chi connectivity index (χ1) is 11.5. The molecule has 2 rings (SSSR count). The van der Waals surface area contributed by atoms with Crippen LogP contribution in [0, 0.1) is 12.7 Å². The molecule has 0 aliphatic heterocycles. The van der Waals surface area contributed by atoms with E-state index < -0.39 is 5.97 Å². The van der Waals surface area contributed by atoms with Crippen LogP contribution in [0.1, 0.15) is 40.9 Å². The Hall–Kier alpha value is -2.21. The largest absolute Gasteiger partial charge is 0.481 e. The van der Waals surface area contributed by atoms with Crippen molar-refractivity contribution in [1.82, 2.24) is 5.32 Å². The van der Waals surface area contributed by atoms with Gasteiger partial charge in [0, 0.05) is 17.8 Å². The summed E-state index contributed by atoms with van der Waals surface area (Å²) in [6.07, 6.45) is 2.32. The molecule has 2 N–H and O–H groups in total. The number of hydrogen-bond donors (Lipinski definition) is 2. The standard InChI is InChI=1S/C18H20FNO3S/c1-12-11-15(18(23)20-10-4-2-3-5-16(21)22)24-17(12)13-6-8-14(19)9-7-13/h6-9,11H,2-5,10H2,1H3,(H,20,23)(H,21,22). The second kappa shape index (κ2) is 8.59. The molecule has 128 valence electrons. The van der Waals surface area contributed by atoms with Crippen LogP contribution in [0.5, 0.6) is 0 Å². The number of nitrogens with one attached hydrogen (secondary N) is 1. The monoisotopic (exact) mass is 349 g/mol. The number of hydrogen-bond acceptors (Lipinski definition) is 3. The van der Waals surface area contributed by atoms with Gasteiger partial charge in [-0.05, 0) is 49.1 Å². The van der Waals surface area contributed by atoms with E-state index in [0.717, 1.165) is 28.8 Å². The Morgan fingerprint density at radius 3 is 2.54 bits per heavy atom. The Kier molecular flexibility index (Phi) is 6.49. The number of amides is 1. The Morgan fingerprint density at radius 2 is 1.88 bits per heavy atom. The minimum absolute atomic E-state index is 0.130. The summed E-state index contributed by atoms with van der Waals surface area (Å²) in [7, 11) is 0. The third-order valence-electron chi connectivity index (χ3n) is 3.60. The zero-order valence-electron chi connectivity index (χ0n) is 13.5. The molecule has 0 spiro atoms. The van der Waals surface area contributed by atoms with Crippen LogP contribution in [0.4, 0.5) is 4.39 Å². The van der Waals surface area contributed by atoms with Gasteiger partial charge in [-0.1, -0.05) is 18.6 Å². The van der Waals surface area contributed by atoms with Gasteiger partial charge in [-0.3, -0.25) is 9.59 Å². The summed E-state index contributed by atoms with van der Waals surface area (Å²) in [6.45, 7) is 2.46. The van der Waals surface area contributed by atoms with Gasteiger partial charge in [-0.2, -0.15) is 0 Å². The smallest absolute Gasteiger partial charge is 0.303 e. The molecule has 0 saturated heterocycles. The van der Waals surface area contributed by atoms with Gasteiger partial charge in [-0.25, -0.2) is 4.39 Å². The van der Waals surface area contributed by atoms with Gasteiger partial charge < -0.3 is 10.4 Å². The Morgan fingerprint density at radius 1 is 1.17 bits per heavy atom. The zero-order valence-corrected chi connectivity index (χ0v) is 14.3. The highest BCUT2D eigenvalue weighted by Crippen LogP contribution is 2.32. The first kappa shape index (κ1) is 18.1. The molecular weight excluding hydrogens is 329 g/mol. The molecular formula is C18H20FNO3S. The van der Waals surface area contributed by atoms with Crippen LogP contribution in [0.2, 0.25) is 0 Å². The number of carbonyl (C=O) groups excluding carboxylic acids is 1. The van der Waals surface area contributed by atoms with E-state index in [9.17, 15) is 14.0 Å². The highest BCUT2D eigenvalue weighted by Gasteiger charge is 2.13. The molecule has 2 aromatic rings. The molecule has 0 aliphatic carbocycles. The van der Waals surface area contributed by atoms with Gasteiger partial charge >= 0.3 is 5.97 Å². The van der Waals surface area contributed by atoms with E-state index >= 15 is 0 Å². The number of aliphatic carboxylic acids is 1. The van der Waals surface area contributed by atoms with Crippen LogP contribution in [0.15, 0.2) is 30.3 Å². The third kappa shape index (κ3) is 5.16. The lowest BCUT2D eigenvalue weighted by Gasteiger charge is -2.03. The molecule has 1 aromatic carbocycles. The number of thiophene rings is 1. The van der Waals surface area contributed by atoms with Crippen LogP contribution >= 0.6 is 11.3 Å². The number of halogens is 1. The summed E-state index contributed by atoms with van der Waals surface area (Å²) in [5.41, 5.74) is 1.88. The van der Waals surface area contributed by atoms with Crippen molar-refractivity contribution < 1.29 is 19.1 Å². The van der Waals surface area contributed by atoms with E-state index in [-0.39, 0.29) is 18.1 Å². The molecule has 0 saturated carbocycles. The van der Waals surface area contributed by atoms with Crippen LogP contribution in [0.25, 0.3) is 10.4 Å². The molecule has 6 heteroatoms. The van der Waals surface area contributed by atoms with Crippen LogP contribution in [-0.2, 0) is 4.79 Å². The summed E-state index contributed by atoms with van der Waals surface area (Å²) >= 11 is 1.39. The minimum Gasteiger partial charge on any atom is -0.481 e. The van der Waals surface area contributed by atoms with E-state index in [1.165, 1.54) is 23.5 Å². The van der Waals surface area contributed by atoms with Gasteiger partial charge in [-0.15, -0.1) is 11.3 Å². The topological polar surface area (TPSA) is 66.4 Å². The predicted octanol–water partition coefficient (Wildman–Crippen LogP) is 4.24. The molecule has 1 aromatic heterocycles. The van der Waals surface area contributed by atoms with E-state index in [4.69, 9.17) is 5.11 Å². The molecule has 24 heavy (non-hydrogen) atoms. The Balaban J connectivity index is 1.88. The highest BCUT2D eigenvalue weighted by molar-refractivity contribution is 7.17. The van der Waals surface area contributed by atoms with Crippen molar-refractivity contribution in [2.24, 2.45) is 0 Å². The van der Waals surface area contributed by atoms with Crippen molar-refractivity contribution in [2.45, 2.75) is 32.6 Å². The van der Waals surface area contributed by atoms with Gasteiger partial charge in [0.1, 0.15) is 5.82 Å². The van der Waals surface area contributed by atoms with Gasteiger partial charge in [0.05, 0.1) is 4.88 Å². The average molecular weight is 349 g/mol. The number of carboxylic acids is 1. The highest BCUT2D eigenvalue weighted by atomic mass is 32.1. The fraction of sp³-hybridized carbons (Fsp3) is 0.333. The third-order valence-corrected chi connectivity index (χ3v) is 4.89. The SMILES string of the molecule is Cc1cc(C(=O)NCCCCCC(=O)O)sc1-c1ccc(F)cc1. The lowest BCUT2D eigenvalue weighted by atomic mass is 10.1. The average Bonchev–Trinajstić information content (AvgIpc) is 2.93. The molecule has 0 bridgehead atoms. The predicted molar refractivity (Wildman–Crippen MR) is 92.9 cm³/mol. The summed E-state index contributed by atoms with van der Waals surface area (Å²) < 4.78 is 13.0. The Bertz CT molecular complexity index is 710. The van der Waals surface area contributed by atoms with Gasteiger partial charge in [0.25, 0.3) is 5.91 Å². The number of benzene rings is 1. The lowest BCUT2D eigenvalue weighted by Crippen LogP contribution is -2.23. The molecule has 1 heterocycles. The van der Waals surface area contributed by atoms with Crippen molar-refractivity contribution in [3.8, 4) is 10.4 Å². The van der Waals surface area contributed by atoms with Crippen molar-refractivity contribution in [2.75, 3.05) is 6.54 Å². The first-order valence-electron chi connectivity index (χ1n) is 7.83.